The first kappa shape index (κ1) is 20.4. The molecule has 0 bridgehead atoms. The highest BCUT2D eigenvalue weighted by Gasteiger charge is 2.26. The van der Waals surface area contributed by atoms with Crippen molar-refractivity contribution in [2.45, 2.75) is 26.4 Å². The molecule has 160 valence electrons. The summed E-state index contributed by atoms with van der Waals surface area (Å²) in [7, 11) is 0. The maximum absolute atomic E-state index is 13.6. The number of amides is 1. The standard InChI is InChI=1S/C23H25N5OS2/c1-16(2)28-22-19(14-24-28)18(13-20(25-22)21-6-4-12-31-21)23(29)27-9-7-26(8-10-27)15-17-5-3-11-30-17/h3-6,11-14,16H,7-10,15H2,1-2H3. The highest BCUT2D eigenvalue weighted by molar-refractivity contribution is 7.13. The van der Waals surface area contributed by atoms with Crippen LogP contribution >= 0.6 is 22.7 Å². The SMILES string of the molecule is CC(C)n1ncc2c(C(=O)N3CCN(Cc4cccs4)CC3)cc(-c3cccs3)nc21. The Morgan fingerprint density at radius 1 is 1.10 bits per heavy atom. The van der Waals surface area contributed by atoms with E-state index in [0.29, 0.717) is 5.56 Å². The second-order valence-electron chi connectivity index (χ2n) is 8.10. The van der Waals surface area contributed by atoms with Crippen LogP contribution in [0, 0.1) is 0 Å². The van der Waals surface area contributed by atoms with E-state index in [2.05, 4.69) is 41.4 Å². The van der Waals surface area contributed by atoms with Gasteiger partial charge in [0, 0.05) is 43.6 Å². The van der Waals surface area contributed by atoms with Gasteiger partial charge in [0.15, 0.2) is 5.65 Å². The minimum Gasteiger partial charge on any atom is -0.336 e. The molecule has 6 nitrogen and oxygen atoms in total. The van der Waals surface area contributed by atoms with Crippen molar-refractivity contribution in [3.05, 3.63) is 57.7 Å². The van der Waals surface area contributed by atoms with E-state index in [1.165, 1.54) is 4.88 Å². The average Bonchev–Trinajstić information content (AvgIpc) is 3.54. The van der Waals surface area contributed by atoms with Gasteiger partial charge in [-0.05, 0) is 42.8 Å². The summed E-state index contributed by atoms with van der Waals surface area (Å²) in [5, 5.41) is 9.53. The molecule has 8 heteroatoms. The molecule has 0 aromatic carbocycles. The number of fused-ring (bicyclic) bond motifs is 1. The number of hydrogen-bond acceptors (Lipinski definition) is 6. The lowest BCUT2D eigenvalue weighted by Gasteiger charge is -2.34. The topological polar surface area (TPSA) is 54.3 Å². The molecule has 4 aromatic heterocycles. The Bertz CT molecular complexity index is 1170. The second kappa shape index (κ2) is 8.53. The molecule has 1 aliphatic heterocycles. The summed E-state index contributed by atoms with van der Waals surface area (Å²) in [4.78, 5) is 25.3. The zero-order valence-corrected chi connectivity index (χ0v) is 19.3. The summed E-state index contributed by atoms with van der Waals surface area (Å²) in [6, 6.07) is 10.4. The van der Waals surface area contributed by atoms with Gasteiger partial charge in [-0.3, -0.25) is 9.69 Å². The van der Waals surface area contributed by atoms with Crippen LogP contribution in [0.3, 0.4) is 0 Å². The van der Waals surface area contributed by atoms with Crippen LogP contribution < -0.4 is 0 Å². The monoisotopic (exact) mass is 451 g/mol. The van der Waals surface area contributed by atoms with Crippen molar-refractivity contribution in [2.75, 3.05) is 26.2 Å². The third-order valence-electron chi connectivity index (χ3n) is 5.68. The number of rotatable bonds is 5. The van der Waals surface area contributed by atoms with Crippen LogP contribution in [-0.4, -0.2) is 56.7 Å². The van der Waals surface area contributed by atoms with Crippen LogP contribution in [-0.2, 0) is 6.54 Å². The Balaban J connectivity index is 1.43. The van der Waals surface area contributed by atoms with Crippen LogP contribution in [0.1, 0.15) is 35.1 Å². The number of carbonyl (C=O) groups is 1. The molecule has 0 aliphatic carbocycles. The van der Waals surface area contributed by atoms with Crippen molar-refractivity contribution in [3.63, 3.8) is 0 Å². The maximum Gasteiger partial charge on any atom is 0.254 e. The smallest absolute Gasteiger partial charge is 0.254 e. The second-order valence-corrected chi connectivity index (χ2v) is 10.1. The van der Waals surface area contributed by atoms with Crippen molar-refractivity contribution in [2.24, 2.45) is 0 Å². The molecule has 1 fully saturated rings. The summed E-state index contributed by atoms with van der Waals surface area (Å²) < 4.78 is 1.90. The molecule has 31 heavy (non-hydrogen) atoms. The summed E-state index contributed by atoms with van der Waals surface area (Å²) in [5.41, 5.74) is 2.32. The molecule has 0 N–H and O–H groups in total. The molecular weight excluding hydrogens is 426 g/mol. The largest absolute Gasteiger partial charge is 0.336 e. The Hall–Kier alpha value is -2.55. The van der Waals surface area contributed by atoms with Crippen LogP contribution in [0.4, 0.5) is 0 Å². The fourth-order valence-electron chi connectivity index (χ4n) is 4.03. The number of thiophene rings is 2. The molecule has 4 aromatic rings. The number of aromatic nitrogens is 3. The van der Waals surface area contributed by atoms with Crippen LogP contribution in [0.2, 0.25) is 0 Å². The van der Waals surface area contributed by atoms with Gasteiger partial charge < -0.3 is 4.90 Å². The van der Waals surface area contributed by atoms with E-state index in [9.17, 15) is 4.79 Å². The minimum atomic E-state index is 0.0734. The highest BCUT2D eigenvalue weighted by Crippen LogP contribution is 2.30. The molecule has 0 radical (unpaired) electrons. The van der Waals surface area contributed by atoms with Gasteiger partial charge in [-0.2, -0.15) is 5.10 Å². The molecular formula is C23H25N5OS2. The fraction of sp³-hybridized carbons (Fsp3) is 0.348. The van der Waals surface area contributed by atoms with Gasteiger partial charge in [-0.25, -0.2) is 9.67 Å². The van der Waals surface area contributed by atoms with Crippen molar-refractivity contribution >= 4 is 39.6 Å². The van der Waals surface area contributed by atoms with Crippen molar-refractivity contribution in [3.8, 4) is 10.6 Å². The summed E-state index contributed by atoms with van der Waals surface area (Å²) >= 11 is 3.43. The lowest BCUT2D eigenvalue weighted by molar-refractivity contribution is 0.0631. The van der Waals surface area contributed by atoms with Gasteiger partial charge in [-0.1, -0.05) is 12.1 Å². The number of piperazine rings is 1. The van der Waals surface area contributed by atoms with E-state index in [4.69, 9.17) is 4.98 Å². The summed E-state index contributed by atoms with van der Waals surface area (Å²) in [6.07, 6.45) is 1.79. The highest BCUT2D eigenvalue weighted by atomic mass is 32.1. The van der Waals surface area contributed by atoms with E-state index in [-0.39, 0.29) is 11.9 Å². The first-order valence-electron chi connectivity index (χ1n) is 10.6. The molecule has 1 saturated heterocycles. The Kier molecular flexibility index (Phi) is 5.60. The van der Waals surface area contributed by atoms with Crippen molar-refractivity contribution < 1.29 is 4.79 Å². The predicted molar refractivity (Wildman–Crippen MR) is 127 cm³/mol. The third kappa shape index (κ3) is 4.03. The zero-order chi connectivity index (χ0) is 21.4. The Morgan fingerprint density at radius 2 is 1.87 bits per heavy atom. The lowest BCUT2D eigenvalue weighted by atomic mass is 10.1. The Morgan fingerprint density at radius 3 is 2.55 bits per heavy atom. The van der Waals surface area contributed by atoms with Crippen LogP contribution in [0.15, 0.2) is 47.3 Å². The first-order chi connectivity index (χ1) is 15.1. The van der Waals surface area contributed by atoms with Gasteiger partial charge >= 0.3 is 0 Å². The van der Waals surface area contributed by atoms with E-state index in [1.807, 2.05) is 33.2 Å². The lowest BCUT2D eigenvalue weighted by Crippen LogP contribution is -2.48. The van der Waals surface area contributed by atoms with E-state index in [1.54, 1.807) is 28.9 Å². The number of hydrogen-bond donors (Lipinski definition) is 0. The van der Waals surface area contributed by atoms with E-state index < -0.39 is 0 Å². The Labute approximate surface area is 189 Å². The first-order valence-corrected chi connectivity index (χ1v) is 12.3. The molecule has 0 unspecified atom stereocenters. The summed E-state index contributed by atoms with van der Waals surface area (Å²) in [6.45, 7) is 8.38. The number of carbonyl (C=O) groups excluding carboxylic acids is 1. The summed E-state index contributed by atoms with van der Waals surface area (Å²) in [5.74, 6) is 0.0734. The van der Waals surface area contributed by atoms with Gasteiger partial charge in [-0.15, -0.1) is 22.7 Å². The minimum absolute atomic E-state index is 0.0734. The molecule has 5 rings (SSSR count). The average molecular weight is 452 g/mol. The molecule has 1 amide bonds. The van der Waals surface area contributed by atoms with Gasteiger partial charge in [0.25, 0.3) is 5.91 Å². The van der Waals surface area contributed by atoms with Gasteiger partial charge in [0.05, 0.1) is 27.7 Å². The van der Waals surface area contributed by atoms with E-state index in [0.717, 1.165) is 54.3 Å². The fourth-order valence-corrected chi connectivity index (χ4v) is 5.46. The molecule has 0 saturated carbocycles. The molecule has 1 aliphatic rings. The quantitative estimate of drug-likeness (QED) is 0.439. The molecule has 0 spiro atoms. The van der Waals surface area contributed by atoms with Gasteiger partial charge in [0.2, 0.25) is 0 Å². The third-order valence-corrected chi connectivity index (χ3v) is 7.43. The van der Waals surface area contributed by atoms with E-state index >= 15 is 0 Å². The van der Waals surface area contributed by atoms with Crippen molar-refractivity contribution in [1.29, 1.82) is 0 Å². The predicted octanol–water partition coefficient (Wildman–Crippen LogP) is 4.76. The zero-order valence-electron chi connectivity index (χ0n) is 17.7. The molecule has 5 heterocycles. The van der Waals surface area contributed by atoms with Crippen LogP contribution in [0.25, 0.3) is 21.6 Å². The maximum atomic E-state index is 13.6. The van der Waals surface area contributed by atoms with Crippen LogP contribution in [0.5, 0.6) is 0 Å². The number of nitrogens with zero attached hydrogens (tertiary/aromatic N) is 5. The van der Waals surface area contributed by atoms with Crippen molar-refractivity contribution in [1.82, 2.24) is 24.6 Å². The van der Waals surface area contributed by atoms with Gasteiger partial charge in [0.1, 0.15) is 0 Å². The molecule has 0 atom stereocenters. The normalized spacial score (nSPS) is 15.3. The number of pyridine rings is 1.